The first-order chi connectivity index (χ1) is 9.40. The summed E-state index contributed by atoms with van der Waals surface area (Å²) in [4.78, 5) is 2.36. The number of aliphatic hydroxyl groups is 1. The van der Waals surface area contributed by atoms with Gasteiger partial charge in [-0.05, 0) is 57.7 Å². The summed E-state index contributed by atoms with van der Waals surface area (Å²) in [7, 11) is 0. The second kappa shape index (κ2) is 6.15. The Labute approximate surface area is 123 Å². The highest BCUT2D eigenvalue weighted by Gasteiger charge is 2.24. The summed E-state index contributed by atoms with van der Waals surface area (Å²) in [6.45, 7) is 10.9. The second-order valence-corrected chi connectivity index (χ2v) is 6.90. The van der Waals surface area contributed by atoms with E-state index in [1.807, 2.05) is 0 Å². The number of aliphatic hydroxyl groups excluding tert-OH is 1. The van der Waals surface area contributed by atoms with Crippen molar-refractivity contribution in [1.29, 1.82) is 0 Å². The molecule has 1 atom stereocenters. The van der Waals surface area contributed by atoms with Gasteiger partial charge in [-0.3, -0.25) is 0 Å². The van der Waals surface area contributed by atoms with Gasteiger partial charge in [0.1, 0.15) is 0 Å². The lowest BCUT2D eigenvalue weighted by Crippen LogP contribution is -2.35. The highest BCUT2D eigenvalue weighted by atomic mass is 16.3. The molecule has 0 spiro atoms. The van der Waals surface area contributed by atoms with Gasteiger partial charge in [0, 0.05) is 24.3 Å². The van der Waals surface area contributed by atoms with Crippen LogP contribution in [-0.2, 0) is 6.54 Å². The molecule has 1 aliphatic rings. The van der Waals surface area contributed by atoms with Gasteiger partial charge in [0.25, 0.3) is 0 Å². The normalized spacial score (nSPS) is 19.6. The zero-order chi connectivity index (χ0) is 14.8. The zero-order valence-electron chi connectivity index (χ0n) is 13.2. The Morgan fingerprint density at radius 3 is 2.70 bits per heavy atom. The molecule has 1 unspecified atom stereocenters. The average molecular weight is 276 g/mol. The van der Waals surface area contributed by atoms with Gasteiger partial charge in [-0.1, -0.05) is 12.1 Å². The first-order valence-corrected chi connectivity index (χ1v) is 7.63. The summed E-state index contributed by atoms with van der Waals surface area (Å²) in [5.41, 5.74) is 4.05. The highest BCUT2D eigenvalue weighted by molar-refractivity contribution is 5.56. The third kappa shape index (κ3) is 3.74. The lowest BCUT2D eigenvalue weighted by atomic mass is 10.1. The molecule has 1 fully saturated rings. The van der Waals surface area contributed by atoms with E-state index >= 15 is 0 Å². The number of hydrogen-bond donors (Lipinski definition) is 2. The minimum atomic E-state index is 0.142. The summed E-state index contributed by atoms with van der Waals surface area (Å²) < 4.78 is 0. The van der Waals surface area contributed by atoms with E-state index in [2.05, 4.69) is 56.1 Å². The van der Waals surface area contributed by atoms with E-state index in [1.165, 1.54) is 23.2 Å². The van der Waals surface area contributed by atoms with Crippen molar-refractivity contribution in [3.8, 4) is 0 Å². The number of rotatable bonds is 4. The minimum absolute atomic E-state index is 0.142. The maximum atomic E-state index is 9.47. The van der Waals surface area contributed by atoms with Crippen LogP contribution in [0.1, 0.15) is 44.7 Å². The van der Waals surface area contributed by atoms with E-state index in [0.29, 0.717) is 6.04 Å². The summed E-state index contributed by atoms with van der Waals surface area (Å²) in [6, 6.07) is 6.98. The molecule has 1 aliphatic heterocycles. The largest absolute Gasteiger partial charge is 0.394 e. The van der Waals surface area contributed by atoms with Gasteiger partial charge in [0.15, 0.2) is 0 Å². The Kier molecular flexibility index (Phi) is 4.71. The smallest absolute Gasteiger partial charge is 0.0635 e. The number of anilines is 1. The fraction of sp³-hybridized carbons (Fsp3) is 0.647. The van der Waals surface area contributed by atoms with Crippen molar-refractivity contribution in [3.63, 3.8) is 0 Å². The third-order valence-electron chi connectivity index (χ3n) is 3.98. The second-order valence-electron chi connectivity index (χ2n) is 6.90. The number of aryl methyl sites for hydroxylation is 1. The van der Waals surface area contributed by atoms with Gasteiger partial charge >= 0.3 is 0 Å². The molecule has 1 heterocycles. The van der Waals surface area contributed by atoms with E-state index in [0.717, 1.165) is 19.5 Å². The molecule has 0 amide bonds. The molecule has 20 heavy (non-hydrogen) atoms. The van der Waals surface area contributed by atoms with Gasteiger partial charge in [0.05, 0.1) is 12.6 Å². The highest BCUT2D eigenvalue weighted by Crippen LogP contribution is 2.29. The number of nitrogens with one attached hydrogen (secondary N) is 1. The quantitative estimate of drug-likeness (QED) is 0.887. The fourth-order valence-corrected chi connectivity index (χ4v) is 2.86. The van der Waals surface area contributed by atoms with E-state index in [1.54, 1.807) is 0 Å². The minimum Gasteiger partial charge on any atom is -0.394 e. The van der Waals surface area contributed by atoms with Gasteiger partial charge in [-0.15, -0.1) is 0 Å². The molecule has 112 valence electrons. The van der Waals surface area contributed by atoms with E-state index in [9.17, 15) is 5.11 Å². The van der Waals surface area contributed by atoms with Crippen molar-refractivity contribution in [2.24, 2.45) is 0 Å². The topological polar surface area (TPSA) is 35.5 Å². The maximum Gasteiger partial charge on any atom is 0.0635 e. The van der Waals surface area contributed by atoms with Crippen LogP contribution in [0.4, 0.5) is 5.69 Å². The van der Waals surface area contributed by atoms with Crippen LogP contribution < -0.4 is 10.2 Å². The molecule has 1 aromatic carbocycles. The molecule has 0 radical (unpaired) electrons. The van der Waals surface area contributed by atoms with Crippen LogP contribution in [0.5, 0.6) is 0 Å². The predicted molar refractivity (Wildman–Crippen MR) is 85.2 cm³/mol. The van der Waals surface area contributed by atoms with E-state index in [4.69, 9.17) is 0 Å². The summed E-state index contributed by atoms with van der Waals surface area (Å²) >= 11 is 0. The zero-order valence-corrected chi connectivity index (χ0v) is 13.2. The molecule has 0 aromatic heterocycles. The first kappa shape index (κ1) is 15.3. The Morgan fingerprint density at radius 1 is 1.35 bits per heavy atom. The number of benzene rings is 1. The van der Waals surface area contributed by atoms with Gasteiger partial charge in [0.2, 0.25) is 0 Å². The summed E-state index contributed by atoms with van der Waals surface area (Å²) in [6.07, 6.45) is 2.28. The number of hydrogen-bond acceptors (Lipinski definition) is 3. The van der Waals surface area contributed by atoms with Crippen LogP contribution in [0.2, 0.25) is 0 Å². The standard InChI is InChI=1S/C17H28N2O/c1-13-10-14(11-18-17(2,3)4)7-8-16(13)19-9-5-6-15(19)12-20/h7-8,10,15,18,20H,5-6,9,11-12H2,1-4H3. The lowest BCUT2D eigenvalue weighted by Gasteiger charge is -2.27. The van der Waals surface area contributed by atoms with Crippen molar-refractivity contribution >= 4 is 5.69 Å². The molecule has 0 saturated carbocycles. The molecule has 1 saturated heterocycles. The van der Waals surface area contributed by atoms with Crippen LogP contribution in [0.3, 0.4) is 0 Å². The molecule has 2 rings (SSSR count). The molecular weight excluding hydrogens is 248 g/mol. The maximum absolute atomic E-state index is 9.47. The van der Waals surface area contributed by atoms with Crippen LogP contribution in [0.15, 0.2) is 18.2 Å². The average Bonchev–Trinajstić information content (AvgIpc) is 2.83. The van der Waals surface area contributed by atoms with Crippen LogP contribution in [-0.4, -0.2) is 29.8 Å². The molecule has 2 N–H and O–H groups in total. The SMILES string of the molecule is Cc1cc(CNC(C)(C)C)ccc1N1CCCC1CO. The molecule has 3 nitrogen and oxygen atoms in total. The number of nitrogens with zero attached hydrogens (tertiary/aromatic N) is 1. The van der Waals surface area contributed by atoms with Gasteiger partial charge in [-0.25, -0.2) is 0 Å². The van der Waals surface area contributed by atoms with Crippen molar-refractivity contribution in [2.45, 2.75) is 58.7 Å². The molecule has 0 aliphatic carbocycles. The summed E-state index contributed by atoms with van der Waals surface area (Å²) in [5, 5.41) is 13.0. The monoisotopic (exact) mass is 276 g/mol. The van der Waals surface area contributed by atoms with Crippen molar-refractivity contribution in [1.82, 2.24) is 5.32 Å². The first-order valence-electron chi connectivity index (χ1n) is 7.63. The van der Waals surface area contributed by atoms with Gasteiger partial charge < -0.3 is 15.3 Å². The third-order valence-corrected chi connectivity index (χ3v) is 3.98. The Hall–Kier alpha value is -1.06. The van der Waals surface area contributed by atoms with E-state index in [-0.39, 0.29) is 12.1 Å². The molecule has 3 heteroatoms. The van der Waals surface area contributed by atoms with Crippen LogP contribution in [0, 0.1) is 6.92 Å². The fourth-order valence-electron chi connectivity index (χ4n) is 2.86. The summed E-state index contributed by atoms with van der Waals surface area (Å²) in [5.74, 6) is 0. The molecular formula is C17H28N2O. The predicted octanol–water partition coefficient (Wildman–Crippen LogP) is 2.84. The van der Waals surface area contributed by atoms with E-state index < -0.39 is 0 Å². The van der Waals surface area contributed by atoms with Crippen LogP contribution >= 0.6 is 0 Å². The molecule has 0 bridgehead atoms. The lowest BCUT2D eigenvalue weighted by molar-refractivity contribution is 0.266. The molecule has 1 aromatic rings. The van der Waals surface area contributed by atoms with Crippen molar-refractivity contribution in [2.75, 3.05) is 18.1 Å². The Balaban J connectivity index is 2.10. The van der Waals surface area contributed by atoms with Crippen molar-refractivity contribution < 1.29 is 5.11 Å². The Bertz CT molecular complexity index is 451. The van der Waals surface area contributed by atoms with Crippen molar-refractivity contribution in [3.05, 3.63) is 29.3 Å². The van der Waals surface area contributed by atoms with Gasteiger partial charge in [-0.2, -0.15) is 0 Å². The van der Waals surface area contributed by atoms with Crippen LogP contribution in [0.25, 0.3) is 0 Å². The Morgan fingerprint density at radius 2 is 2.10 bits per heavy atom.